The number of thiazole rings is 1. The quantitative estimate of drug-likeness (QED) is 0.384. The summed E-state index contributed by atoms with van der Waals surface area (Å²) in [4.78, 5) is 35.6. The number of carbonyl (C=O) groups excluding carboxylic acids is 1. The fourth-order valence-electron chi connectivity index (χ4n) is 5.54. The third-order valence-corrected chi connectivity index (χ3v) is 8.83. The number of carboxylic acid groups (broad SMARTS) is 1. The van der Waals surface area contributed by atoms with Crippen molar-refractivity contribution in [1.82, 2.24) is 20.2 Å². The summed E-state index contributed by atoms with van der Waals surface area (Å²) in [6.07, 6.45) is 3.16. The molecule has 1 aromatic carbocycles. The van der Waals surface area contributed by atoms with Gasteiger partial charge < -0.3 is 15.2 Å². The predicted octanol–water partition coefficient (Wildman–Crippen LogP) is 3.99. The van der Waals surface area contributed by atoms with Crippen LogP contribution in [0.4, 0.5) is 13.2 Å². The molecule has 1 aromatic heterocycles. The number of hydrogen-bond acceptors (Lipinski definition) is 10. The van der Waals surface area contributed by atoms with Crippen molar-refractivity contribution in [2.75, 3.05) is 26.2 Å². The number of likely N-dealkylation sites (tertiary alicyclic amines) is 1. The average molecular weight is 619 g/mol. The third-order valence-electron chi connectivity index (χ3n) is 8.05. The highest BCUT2D eigenvalue weighted by Crippen LogP contribution is 2.41. The Hall–Kier alpha value is -3.78. The summed E-state index contributed by atoms with van der Waals surface area (Å²) in [5.41, 5.74) is 0.0198. The summed E-state index contributed by atoms with van der Waals surface area (Å²) >= 11 is 1.30. The van der Waals surface area contributed by atoms with E-state index in [1.807, 2.05) is 0 Å². The van der Waals surface area contributed by atoms with Crippen LogP contribution in [-0.4, -0.2) is 88.2 Å². The van der Waals surface area contributed by atoms with E-state index in [-0.39, 0.29) is 31.7 Å². The molecular weight excluding hydrogens is 585 g/mol. The summed E-state index contributed by atoms with van der Waals surface area (Å²) in [7, 11) is 0. The molecule has 0 radical (unpaired) electrons. The van der Waals surface area contributed by atoms with Crippen LogP contribution in [0.15, 0.2) is 51.1 Å². The Kier molecular flexibility index (Phi) is 8.36. The molecule has 1 fully saturated rings. The standard InChI is InChI=1S/C29H33F3N6O4S/c1-5-42-26(39)21-19(35-24(25-33-10-12-43-25)36-22(21)17-7-6-8-18(30)16(17)2)14-37-15-29(31,32)23-20(37)13-34-38(23)11-9-28(3,4)27(40)41/h6-8,10,12-13,20,22-23H,5,9,11,14-15H2,1-4H3,(H,35,36)(H,40,41)/t20-,22-,23+/m0/s1. The van der Waals surface area contributed by atoms with E-state index in [2.05, 4.69) is 15.4 Å². The zero-order valence-electron chi connectivity index (χ0n) is 24.2. The number of halogens is 3. The average Bonchev–Trinajstić information content (AvgIpc) is 3.68. The second kappa shape index (κ2) is 11.7. The highest BCUT2D eigenvalue weighted by atomic mass is 32.1. The van der Waals surface area contributed by atoms with Gasteiger partial charge in [-0.15, -0.1) is 11.3 Å². The molecule has 10 nitrogen and oxygen atoms in total. The van der Waals surface area contributed by atoms with Crippen molar-refractivity contribution in [3.8, 4) is 0 Å². The fraction of sp³-hybridized carbons (Fsp3) is 0.483. The molecule has 3 aliphatic heterocycles. The zero-order valence-corrected chi connectivity index (χ0v) is 25.0. The fourth-order valence-corrected chi connectivity index (χ4v) is 6.13. The van der Waals surface area contributed by atoms with E-state index in [0.29, 0.717) is 27.7 Å². The lowest BCUT2D eigenvalue weighted by Crippen LogP contribution is -2.47. The van der Waals surface area contributed by atoms with Crippen molar-refractivity contribution in [3.63, 3.8) is 0 Å². The van der Waals surface area contributed by atoms with Crippen LogP contribution in [0.1, 0.15) is 49.4 Å². The molecule has 0 aliphatic carbocycles. The number of fused-ring (bicyclic) bond motifs is 1. The summed E-state index contributed by atoms with van der Waals surface area (Å²) in [5, 5.41) is 20.4. The van der Waals surface area contributed by atoms with Crippen LogP contribution >= 0.6 is 11.3 Å². The number of hydrogen-bond donors (Lipinski definition) is 2. The van der Waals surface area contributed by atoms with E-state index in [1.54, 1.807) is 45.3 Å². The topological polar surface area (TPSA) is 120 Å². The number of benzene rings is 1. The van der Waals surface area contributed by atoms with Gasteiger partial charge in [-0.25, -0.2) is 22.9 Å². The number of esters is 1. The van der Waals surface area contributed by atoms with Crippen LogP contribution in [0.3, 0.4) is 0 Å². The number of carboxylic acids is 1. The van der Waals surface area contributed by atoms with Crippen molar-refractivity contribution >= 4 is 35.3 Å². The Labute approximate surface area is 250 Å². The molecule has 2 aromatic rings. The monoisotopic (exact) mass is 618 g/mol. The highest BCUT2D eigenvalue weighted by molar-refractivity contribution is 7.11. The number of amidine groups is 1. The van der Waals surface area contributed by atoms with Crippen molar-refractivity contribution in [2.24, 2.45) is 15.5 Å². The number of ether oxygens (including phenoxy) is 1. The van der Waals surface area contributed by atoms with Gasteiger partial charge in [0.25, 0.3) is 5.92 Å². The van der Waals surface area contributed by atoms with E-state index in [9.17, 15) is 19.1 Å². The maximum Gasteiger partial charge on any atom is 0.338 e. The van der Waals surface area contributed by atoms with Gasteiger partial charge in [0, 0.05) is 36.6 Å². The third kappa shape index (κ3) is 5.90. The Morgan fingerprint density at radius 3 is 2.74 bits per heavy atom. The molecule has 3 atom stereocenters. The molecule has 1 saturated heterocycles. The normalized spacial score (nSPS) is 23.3. The number of hydrazone groups is 1. The zero-order chi connectivity index (χ0) is 31.1. The molecule has 0 saturated carbocycles. The minimum absolute atomic E-state index is 0.0389. The molecular formula is C29H33F3N6O4S. The van der Waals surface area contributed by atoms with Crippen LogP contribution in [0, 0.1) is 18.2 Å². The van der Waals surface area contributed by atoms with Crippen LogP contribution in [-0.2, 0) is 14.3 Å². The van der Waals surface area contributed by atoms with Gasteiger partial charge in [0.15, 0.2) is 10.8 Å². The van der Waals surface area contributed by atoms with Crippen molar-refractivity contribution in [2.45, 2.75) is 58.2 Å². The smallest absolute Gasteiger partial charge is 0.338 e. The second-order valence-electron chi connectivity index (χ2n) is 11.4. The summed E-state index contributed by atoms with van der Waals surface area (Å²) in [6, 6.07) is 1.43. The number of aliphatic imine (C=N–C) groups is 1. The van der Waals surface area contributed by atoms with Crippen LogP contribution < -0.4 is 5.32 Å². The number of carbonyl (C=O) groups is 2. The summed E-state index contributed by atoms with van der Waals surface area (Å²) in [6.45, 7) is 5.70. The largest absolute Gasteiger partial charge is 0.481 e. The molecule has 0 bridgehead atoms. The molecule has 2 N–H and O–H groups in total. The lowest BCUT2D eigenvalue weighted by molar-refractivity contribution is -0.147. The number of rotatable bonds is 10. The molecule has 230 valence electrons. The maximum atomic E-state index is 15.6. The van der Waals surface area contributed by atoms with Gasteiger partial charge in [0.05, 0.1) is 30.2 Å². The van der Waals surface area contributed by atoms with Gasteiger partial charge in [-0.3, -0.25) is 19.7 Å². The second-order valence-corrected chi connectivity index (χ2v) is 12.3. The summed E-state index contributed by atoms with van der Waals surface area (Å²) < 4.78 is 51.2. The van der Waals surface area contributed by atoms with E-state index >= 15 is 8.78 Å². The molecule has 43 heavy (non-hydrogen) atoms. The Bertz CT molecular complexity index is 1490. The van der Waals surface area contributed by atoms with E-state index in [0.717, 1.165) is 0 Å². The molecule has 3 aliphatic rings. The number of alkyl halides is 2. The maximum absolute atomic E-state index is 15.6. The van der Waals surface area contributed by atoms with Crippen molar-refractivity contribution in [1.29, 1.82) is 0 Å². The molecule has 4 heterocycles. The van der Waals surface area contributed by atoms with Gasteiger partial charge in [-0.2, -0.15) is 5.10 Å². The molecule has 0 spiro atoms. The molecule has 0 amide bonds. The lowest BCUT2D eigenvalue weighted by Gasteiger charge is -2.31. The number of aromatic nitrogens is 1. The first-order chi connectivity index (χ1) is 20.3. The predicted molar refractivity (Wildman–Crippen MR) is 155 cm³/mol. The van der Waals surface area contributed by atoms with Gasteiger partial charge in [-0.1, -0.05) is 12.1 Å². The first-order valence-electron chi connectivity index (χ1n) is 13.9. The molecule has 0 unspecified atom stereocenters. The van der Waals surface area contributed by atoms with E-state index < -0.39 is 53.8 Å². The lowest BCUT2D eigenvalue weighted by atomic mass is 9.89. The van der Waals surface area contributed by atoms with Gasteiger partial charge in [0.2, 0.25) is 0 Å². The van der Waals surface area contributed by atoms with Gasteiger partial charge >= 0.3 is 11.9 Å². The summed E-state index contributed by atoms with van der Waals surface area (Å²) in [5.74, 6) is -5.04. The SMILES string of the molecule is CCOC(=O)C1=C(CN2CC(F)(F)[C@H]3[C@@H]2C=NN3CCC(C)(C)C(=O)O)NC(c2nccs2)=N[C@H]1c1cccc(F)c1C. The van der Waals surface area contributed by atoms with Gasteiger partial charge in [0.1, 0.15) is 17.9 Å². The molecule has 5 rings (SSSR count). The van der Waals surface area contributed by atoms with Crippen LogP contribution in [0.5, 0.6) is 0 Å². The first kappa shape index (κ1) is 30.7. The first-order valence-corrected chi connectivity index (χ1v) is 14.8. The molecule has 14 heteroatoms. The minimum atomic E-state index is -3.18. The number of nitrogens with zero attached hydrogens (tertiary/aromatic N) is 5. The van der Waals surface area contributed by atoms with E-state index in [1.165, 1.54) is 39.6 Å². The Morgan fingerprint density at radius 2 is 2.07 bits per heavy atom. The van der Waals surface area contributed by atoms with E-state index in [4.69, 9.17) is 9.73 Å². The Morgan fingerprint density at radius 1 is 1.30 bits per heavy atom. The number of aliphatic carboxylic acids is 1. The Balaban J connectivity index is 1.51. The highest BCUT2D eigenvalue weighted by Gasteiger charge is 2.59. The van der Waals surface area contributed by atoms with Crippen molar-refractivity contribution in [3.05, 3.63) is 63.0 Å². The van der Waals surface area contributed by atoms with Crippen LogP contribution in [0.2, 0.25) is 0 Å². The van der Waals surface area contributed by atoms with Crippen molar-refractivity contribution < 1.29 is 32.6 Å². The van der Waals surface area contributed by atoms with Gasteiger partial charge in [-0.05, 0) is 51.3 Å². The number of nitrogens with one attached hydrogen (secondary N) is 1. The van der Waals surface area contributed by atoms with Crippen LogP contribution in [0.25, 0.3) is 0 Å². The minimum Gasteiger partial charge on any atom is -0.481 e.